The first-order chi connectivity index (χ1) is 5.54. The summed E-state index contributed by atoms with van der Waals surface area (Å²) in [5.74, 6) is 3.26. The van der Waals surface area contributed by atoms with Crippen molar-refractivity contribution in [1.29, 1.82) is 0 Å². The number of hydrogen-bond donors (Lipinski definition) is 2. The van der Waals surface area contributed by atoms with E-state index in [4.69, 9.17) is 0 Å². The summed E-state index contributed by atoms with van der Waals surface area (Å²) >= 11 is 10.9. The molecule has 1 fully saturated rings. The maximum Gasteiger partial charge on any atom is 0.0220 e. The quantitative estimate of drug-likeness (QED) is 0.677. The molecule has 1 saturated heterocycles. The van der Waals surface area contributed by atoms with Crippen LogP contribution in [0.3, 0.4) is 0 Å². The van der Waals surface area contributed by atoms with Gasteiger partial charge in [0.15, 0.2) is 0 Å². The second-order valence-corrected chi connectivity index (χ2v) is 6.56. The van der Waals surface area contributed by atoms with Crippen molar-refractivity contribution in [2.75, 3.05) is 17.3 Å². The molecular weight excluding hydrogens is 204 g/mol. The van der Waals surface area contributed by atoms with Crippen LogP contribution in [0.15, 0.2) is 0 Å². The smallest absolute Gasteiger partial charge is 0.0220 e. The van der Waals surface area contributed by atoms with Crippen molar-refractivity contribution in [2.24, 2.45) is 5.41 Å². The third-order valence-corrected chi connectivity index (χ3v) is 6.30. The second kappa shape index (κ2) is 4.05. The molecule has 0 aromatic carbocycles. The Morgan fingerprint density at radius 1 is 1.17 bits per heavy atom. The van der Waals surface area contributed by atoms with E-state index in [0.29, 0.717) is 10.2 Å². The van der Waals surface area contributed by atoms with Crippen LogP contribution in [0.1, 0.15) is 26.7 Å². The molecule has 0 nitrogen and oxygen atoms in total. The normalized spacial score (nSPS) is 43.0. The Hall–Kier alpha value is 1.05. The van der Waals surface area contributed by atoms with Gasteiger partial charge in [-0.1, -0.05) is 6.92 Å². The molecule has 0 spiro atoms. The fourth-order valence-electron chi connectivity index (χ4n) is 1.31. The van der Waals surface area contributed by atoms with Gasteiger partial charge in [0.25, 0.3) is 0 Å². The van der Waals surface area contributed by atoms with E-state index in [0.717, 1.165) is 11.5 Å². The van der Waals surface area contributed by atoms with Crippen molar-refractivity contribution in [3.63, 3.8) is 0 Å². The van der Waals surface area contributed by atoms with Gasteiger partial charge in [-0.3, -0.25) is 0 Å². The van der Waals surface area contributed by atoms with E-state index in [-0.39, 0.29) is 0 Å². The third-order valence-electron chi connectivity index (χ3n) is 2.74. The van der Waals surface area contributed by atoms with Crippen LogP contribution in [0.4, 0.5) is 0 Å². The number of thiol groups is 2. The van der Waals surface area contributed by atoms with E-state index in [2.05, 4.69) is 50.9 Å². The van der Waals surface area contributed by atoms with Gasteiger partial charge in [0, 0.05) is 16.3 Å². The van der Waals surface area contributed by atoms with E-state index in [1.807, 2.05) is 0 Å². The van der Waals surface area contributed by atoms with Crippen LogP contribution in [0.2, 0.25) is 0 Å². The molecule has 72 valence electrons. The molecule has 1 heterocycles. The standard InChI is InChI=1S/C9H18S3/c1-8(5-10)3-4-9(2,6-11)12-7-8/h10-11H,3-7H2,1-2H3. The molecule has 0 radical (unpaired) electrons. The van der Waals surface area contributed by atoms with Gasteiger partial charge in [-0.25, -0.2) is 0 Å². The predicted molar refractivity (Wildman–Crippen MR) is 65.9 cm³/mol. The van der Waals surface area contributed by atoms with Gasteiger partial charge in [-0.2, -0.15) is 37.0 Å². The molecule has 1 aliphatic rings. The first-order valence-electron chi connectivity index (χ1n) is 4.39. The summed E-state index contributed by atoms with van der Waals surface area (Å²) in [6.45, 7) is 4.66. The minimum absolute atomic E-state index is 0.422. The van der Waals surface area contributed by atoms with Crippen molar-refractivity contribution < 1.29 is 0 Å². The second-order valence-electron chi connectivity index (χ2n) is 4.37. The molecule has 12 heavy (non-hydrogen) atoms. The van der Waals surface area contributed by atoms with Gasteiger partial charge in [-0.05, 0) is 30.9 Å². The van der Waals surface area contributed by atoms with Gasteiger partial charge in [0.1, 0.15) is 0 Å². The van der Waals surface area contributed by atoms with Crippen molar-refractivity contribution in [3.05, 3.63) is 0 Å². The number of hydrogen-bond acceptors (Lipinski definition) is 3. The molecule has 0 aromatic rings. The summed E-state index contributed by atoms with van der Waals surface area (Å²) < 4.78 is 0.422. The average molecular weight is 222 g/mol. The Morgan fingerprint density at radius 2 is 1.83 bits per heavy atom. The Kier molecular flexibility index (Phi) is 3.76. The molecule has 0 aliphatic carbocycles. The Bertz CT molecular complexity index is 130. The van der Waals surface area contributed by atoms with Crippen molar-refractivity contribution in [2.45, 2.75) is 31.4 Å². The van der Waals surface area contributed by atoms with Crippen LogP contribution in [-0.2, 0) is 0 Å². The zero-order chi connectivity index (χ0) is 9.24. The van der Waals surface area contributed by atoms with Crippen LogP contribution >= 0.6 is 37.0 Å². The molecule has 0 bridgehead atoms. The molecule has 0 amide bonds. The fourth-order valence-corrected chi connectivity index (χ4v) is 3.44. The monoisotopic (exact) mass is 222 g/mol. The highest BCUT2D eigenvalue weighted by molar-refractivity contribution is 8.01. The van der Waals surface area contributed by atoms with Gasteiger partial charge >= 0.3 is 0 Å². The van der Waals surface area contributed by atoms with E-state index >= 15 is 0 Å². The fraction of sp³-hybridized carbons (Fsp3) is 1.00. The summed E-state index contributed by atoms with van der Waals surface area (Å²) in [5, 5.41) is 0. The largest absolute Gasteiger partial charge is 0.179 e. The predicted octanol–water partition coefficient (Wildman–Crippen LogP) is 3.14. The van der Waals surface area contributed by atoms with E-state index in [9.17, 15) is 0 Å². The lowest BCUT2D eigenvalue weighted by molar-refractivity contribution is 0.348. The lowest BCUT2D eigenvalue weighted by atomic mass is 9.86. The molecular formula is C9H18S3. The number of rotatable bonds is 2. The molecule has 0 saturated carbocycles. The maximum atomic E-state index is 4.40. The van der Waals surface area contributed by atoms with Crippen LogP contribution in [0, 0.1) is 5.41 Å². The summed E-state index contributed by atoms with van der Waals surface area (Å²) in [6.07, 6.45) is 2.60. The van der Waals surface area contributed by atoms with E-state index in [1.54, 1.807) is 0 Å². The van der Waals surface area contributed by atoms with E-state index in [1.165, 1.54) is 18.6 Å². The Labute approximate surface area is 91.1 Å². The Morgan fingerprint density at radius 3 is 2.17 bits per heavy atom. The highest BCUT2D eigenvalue weighted by Crippen LogP contribution is 2.45. The first-order valence-corrected chi connectivity index (χ1v) is 6.64. The topological polar surface area (TPSA) is 0 Å². The summed E-state index contributed by atoms with van der Waals surface area (Å²) in [7, 11) is 0. The van der Waals surface area contributed by atoms with Gasteiger partial charge in [0.05, 0.1) is 0 Å². The summed E-state index contributed by atoms with van der Waals surface area (Å²) in [5.41, 5.74) is 0.468. The van der Waals surface area contributed by atoms with Gasteiger partial charge < -0.3 is 0 Å². The molecule has 2 unspecified atom stereocenters. The lowest BCUT2D eigenvalue weighted by Crippen LogP contribution is -2.36. The Balaban J connectivity index is 2.49. The minimum atomic E-state index is 0.422. The summed E-state index contributed by atoms with van der Waals surface area (Å²) in [4.78, 5) is 0. The van der Waals surface area contributed by atoms with Crippen molar-refractivity contribution in [3.8, 4) is 0 Å². The third kappa shape index (κ3) is 2.52. The van der Waals surface area contributed by atoms with Crippen molar-refractivity contribution >= 4 is 37.0 Å². The van der Waals surface area contributed by atoms with Crippen LogP contribution in [0.25, 0.3) is 0 Å². The zero-order valence-electron chi connectivity index (χ0n) is 7.84. The SMILES string of the molecule is CC1(CS)CCC(C)(CS)SC1. The lowest BCUT2D eigenvalue weighted by Gasteiger charge is -2.41. The van der Waals surface area contributed by atoms with Crippen LogP contribution < -0.4 is 0 Å². The maximum absolute atomic E-state index is 4.40. The zero-order valence-corrected chi connectivity index (χ0v) is 10.4. The molecule has 2 atom stereocenters. The molecule has 1 aliphatic heterocycles. The van der Waals surface area contributed by atoms with Gasteiger partial charge in [-0.15, -0.1) is 0 Å². The van der Waals surface area contributed by atoms with Gasteiger partial charge in [0.2, 0.25) is 0 Å². The molecule has 3 heteroatoms. The molecule has 1 rings (SSSR count). The first kappa shape index (κ1) is 11.1. The molecule has 0 N–H and O–H groups in total. The van der Waals surface area contributed by atoms with E-state index < -0.39 is 0 Å². The summed E-state index contributed by atoms with van der Waals surface area (Å²) in [6, 6.07) is 0. The highest BCUT2D eigenvalue weighted by Gasteiger charge is 2.36. The molecule has 0 aromatic heterocycles. The average Bonchev–Trinajstić information content (AvgIpc) is 2.11. The number of thioether (sulfide) groups is 1. The van der Waals surface area contributed by atoms with Crippen LogP contribution in [0.5, 0.6) is 0 Å². The van der Waals surface area contributed by atoms with Crippen LogP contribution in [-0.4, -0.2) is 22.0 Å². The highest BCUT2D eigenvalue weighted by atomic mass is 32.2. The van der Waals surface area contributed by atoms with Crippen molar-refractivity contribution in [1.82, 2.24) is 0 Å². The minimum Gasteiger partial charge on any atom is -0.179 e.